The number of nitrogens with zero attached hydrogens (tertiary/aromatic N) is 3. The van der Waals surface area contributed by atoms with Crippen LogP contribution in [0.5, 0.6) is 11.5 Å². The first-order chi connectivity index (χ1) is 13.0. The van der Waals surface area contributed by atoms with Crippen molar-refractivity contribution in [2.24, 2.45) is 21.6 Å². The Morgan fingerprint density at radius 2 is 1.70 bits per heavy atom. The van der Waals surface area contributed by atoms with Gasteiger partial charge in [0.05, 0.1) is 26.4 Å². The summed E-state index contributed by atoms with van der Waals surface area (Å²) in [6.45, 7) is 4.05. The van der Waals surface area contributed by atoms with Gasteiger partial charge in [0.15, 0.2) is 16.9 Å². The van der Waals surface area contributed by atoms with Crippen molar-refractivity contribution in [2.75, 3.05) is 27.4 Å². The van der Waals surface area contributed by atoms with Crippen LogP contribution in [0.4, 0.5) is 0 Å². The molecule has 1 aromatic carbocycles. The molecule has 1 saturated carbocycles. The van der Waals surface area contributed by atoms with E-state index < -0.39 is 22.7 Å². The summed E-state index contributed by atoms with van der Waals surface area (Å²) in [5.41, 5.74) is 4.17. The molecule has 0 spiro atoms. The highest BCUT2D eigenvalue weighted by atomic mass is 16.7. The number of nitriles is 2. The highest BCUT2D eigenvalue weighted by molar-refractivity contribution is 6.00. The monoisotopic (exact) mass is 370 g/mol. The minimum Gasteiger partial charge on any atom is -0.493 e. The number of hydrogen-bond donors (Lipinski definition) is 1. The van der Waals surface area contributed by atoms with Crippen molar-refractivity contribution in [3.8, 4) is 23.6 Å². The van der Waals surface area contributed by atoms with Gasteiger partial charge in [-0.05, 0) is 31.5 Å². The average Bonchev–Trinajstić information content (AvgIpc) is 3.26. The van der Waals surface area contributed by atoms with E-state index >= 15 is 0 Å². The van der Waals surface area contributed by atoms with Gasteiger partial charge in [-0.1, -0.05) is 6.07 Å². The van der Waals surface area contributed by atoms with Crippen LogP contribution in [-0.4, -0.2) is 39.2 Å². The molecule has 0 saturated heterocycles. The Labute approximate surface area is 158 Å². The summed E-state index contributed by atoms with van der Waals surface area (Å²) in [7, 11) is 3.06. The lowest BCUT2D eigenvalue weighted by Crippen LogP contribution is -2.43. The topological polar surface area (TPSA) is 123 Å². The molecule has 1 aromatic rings. The van der Waals surface area contributed by atoms with Crippen LogP contribution in [0.3, 0.4) is 0 Å². The van der Waals surface area contributed by atoms with Crippen molar-refractivity contribution < 1.29 is 18.9 Å². The largest absolute Gasteiger partial charge is 0.493 e. The Hall–Kier alpha value is -2.81. The minimum absolute atomic E-state index is 0.0493. The number of methoxy groups -OCH3 is 2. The molecule has 0 unspecified atom stereocenters. The van der Waals surface area contributed by atoms with E-state index in [1.54, 1.807) is 32.0 Å². The smallest absolute Gasteiger partial charge is 0.293 e. The molecule has 1 fully saturated rings. The standard InChI is InChI=1S/C19H22N4O4/c1-5-26-19(27-6-2)18(11-21)15(17(18,10-20)16(22)23-19)12-7-8-13(24-3)14(9-12)25-4/h7-9,15H,5-6H2,1-4H3,(H2,22,23)/t15-,17+,18+/m0/s1. The molecular formula is C19H22N4O4. The molecule has 3 rings (SSSR count). The second-order valence-corrected chi connectivity index (χ2v) is 6.33. The SMILES string of the molecule is CCOC1(OCC)N=C(N)[C@@]2(C#N)[C@H](c3ccc(OC)c(OC)c3)[C@@]12C#N. The van der Waals surface area contributed by atoms with Gasteiger partial charge < -0.3 is 24.7 Å². The fourth-order valence-corrected chi connectivity index (χ4v) is 4.28. The van der Waals surface area contributed by atoms with Crippen LogP contribution in [-0.2, 0) is 9.47 Å². The molecule has 0 bridgehead atoms. The summed E-state index contributed by atoms with van der Waals surface area (Å²) in [5.74, 6) is -1.10. The van der Waals surface area contributed by atoms with Gasteiger partial charge in [-0.25, -0.2) is 4.99 Å². The number of aliphatic imine (C=N–C) groups is 1. The van der Waals surface area contributed by atoms with E-state index in [0.29, 0.717) is 17.1 Å². The molecule has 0 amide bonds. The number of fused-ring (bicyclic) bond motifs is 1. The van der Waals surface area contributed by atoms with Crippen molar-refractivity contribution in [2.45, 2.75) is 25.7 Å². The lowest BCUT2D eigenvalue weighted by Gasteiger charge is -2.31. The van der Waals surface area contributed by atoms with E-state index in [-0.39, 0.29) is 19.0 Å². The first kappa shape index (κ1) is 19.0. The third-order valence-electron chi connectivity index (χ3n) is 5.35. The molecule has 1 aliphatic heterocycles. The van der Waals surface area contributed by atoms with Crippen LogP contribution in [0.15, 0.2) is 23.2 Å². The van der Waals surface area contributed by atoms with Crippen molar-refractivity contribution in [1.29, 1.82) is 10.5 Å². The lowest BCUT2D eigenvalue weighted by molar-refractivity contribution is -0.255. The number of nitrogens with two attached hydrogens (primary N) is 1. The summed E-state index contributed by atoms with van der Waals surface area (Å²) in [6.07, 6.45) is 0. The van der Waals surface area contributed by atoms with Crippen LogP contribution in [0.2, 0.25) is 0 Å². The van der Waals surface area contributed by atoms with Crippen LogP contribution in [0.25, 0.3) is 0 Å². The summed E-state index contributed by atoms with van der Waals surface area (Å²) in [4.78, 5) is 4.32. The van der Waals surface area contributed by atoms with Gasteiger partial charge in [0, 0.05) is 19.1 Å². The van der Waals surface area contributed by atoms with Gasteiger partial charge >= 0.3 is 0 Å². The third-order valence-corrected chi connectivity index (χ3v) is 5.35. The molecule has 0 aromatic heterocycles. The zero-order chi connectivity index (χ0) is 19.9. The van der Waals surface area contributed by atoms with Crippen LogP contribution in [0, 0.1) is 33.5 Å². The molecular weight excluding hydrogens is 348 g/mol. The Morgan fingerprint density at radius 1 is 1.07 bits per heavy atom. The number of rotatable bonds is 7. The highest BCUT2D eigenvalue weighted by Gasteiger charge is 2.93. The molecule has 1 aliphatic carbocycles. The molecule has 3 atom stereocenters. The third kappa shape index (κ3) is 2.05. The maximum absolute atomic E-state index is 10.2. The summed E-state index contributed by atoms with van der Waals surface area (Å²) < 4.78 is 22.3. The van der Waals surface area contributed by atoms with E-state index in [4.69, 9.17) is 24.7 Å². The predicted octanol–water partition coefficient (Wildman–Crippen LogP) is 1.92. The van der Waals surface area contributed by atoms with Gasteiger partial charge in [-0.15, -0.1) is 0 Å². The minimum atomic E-state index is -1.62. The van der Waals surface area contributed by atoms with Gasteiger partial charge in [0.1, 0.15) is 11.3 Å². The Kier molecular flexibility index (Phi) is 4.51. The van der Waals surface area contributed by atoms with Crippen molar-refractivity contribution in [3.05, 3.63) is 23.8 Å². The molecule has 8 nitrogen and oxygen atoms in total. The molecule has 27 heavy (non-hydrogen) atoms. The Bertz CT molecular complexity index is 865. The van der Waals surface area contributed by atoms with Crippen LogP contribution >= 0.6 is 0 Å². The van der Waals surface area contributed by atoms with E-state index in [2.05, 4.69) is 17.1 Å². The molecule has 1 heterocycles. The normalized spacial score (nSPS) is 29.9. The van der Waals surface area contributed by atoms with Crippen molar-refractivity contribution in [1.82, 2.24) is 0 Å². The Balaban J connectivity index is 2.21. The van der Waals surface area contributed by atoms with E-state index in [9.17, 15) is 10.5 Å². The highest BCUT2D eigenvalue weighted by Crippen LogP contribution is 2.82. The van der Waals surface area contributed by atoms with Gasteiger partial charge in [0.25, 0.3) is 5.91 Å². The number of amidine groups is 1. The van der Waals surface area contributed by atoms with E-state index in [1.165, 1.54) is 14.2 Å². The van der Waals surface area contributed by atoms with Crippen molar-refractivity contribution in [3.63, 3.8) is 0 Å². The van der Waals surface area contributed by atoms with Crippen molar-refractivity contribution >= 4 is 5.84 Å². The number of benzene rings is 1. The fraction of sp³-hybridized carbons (Fsp3) is 0.526. The van der Waals surface area contributed by atoms with Gasteiger partial charge in [-0.2, -0.15) is 10.5 Å². The zero-order valence-electron chi connectivity index (χ0n) is 15.8. The quantitative estimate of drug-likeness (QED) is 0.727. The second kappa shape index (κ2) is 6.41. The summed E-state index contributed by atoms with van der Waals surface area (Å²) in [5, 5.41) is 20.2. The summed E-state index contributed by atoms with van der Waals surface area (Å²) in [6, 6.07) is 9.77. The molecule has 8 heteroatoms. The molecule has 2 N–H and O–H groups in total. The maximum Gasteiger partial charge on any atom is 0.293 e. The average molecular weight is 370 g/mol. The Morgan fingerprint density at radius 3 is 2.19 bits per heavy atom. The van der Waals surface area contributed by atoms with Gasteiger partial charge in [0.2, 0.25) is 0 Å². The van der Waals surface area contributed by atoms with E-state index in [1.807, 2.05) is 0 Å². The second-order valence-electron chi connectivity index (χ2n) is 6.33. The predicted molar refractivity (Wildman–Crippen MR) is 96.0 cm³/mol. The molecule has 2 aliphatic rings. The molecule has 0 radical (unpaired) electrons. The summed E-state index contributed by atoms with van der Waals surface area (Å²) >= 11 is 0. The maximum atomic E-state index is 10.2. The number of ether oxygens (including phenoxy) is 4. The first-order valence-electron chi connectivity index (χ1n) is 8.66. The zero-order valence-corrected chi connectivity index (χ0v) is 15.8. The van der Waals surface area contributed by atoms with Gasteiger partial charge in [-0.3, -0.25) is 0 Å². The lowest BCUT2D eigenvalue weighted by atomic mass is 9.93. The van der Waals surface area contributed by atoms with E-state index in [0.717, 1.165) is 0 Å². The fourth-order valence-electron chi connectivity index (χ4n) is 4.28. The first-order valence-corrected chi connectivity index (χ1v) is 8.66. The molecule has 142 valence electrons. The number of hydrogen-bond acceptors (Lipinski definition) is 8. The van der Waals surface area contributed by atoms with Crippen LogP contribution in [0.1, 0.15) is 25.3 Å². The van der Waals surface area contributed by atoms with Crippen LogP contribution < -0.4 is 15.2 Å².